The average molecular weight is 261 g/mol. The van der Waals surface area contributed by atoms with Gasteiger partial charge in [-0.1, -0.05) is 25.7 Å². The molecule has 3 rings (SSSR count). The maximum absolute atomic E-state index is 6.09. The number of rotatable bonds is 2. The van der Waals surface area contributed by atoms with E-state index in [1.54, 1.807) is 7.11 Å². The minimum atomic E-state index is 0.395. The van der Waals surface area contributed by atoms with E-state index in [2.05, 4.69) is 19.5 Å². The fraction of sp³-hybridized carbons (Fsp3) is 0.615. The minimum absolute atomic E-state index is 0.395. The number of methoxy groups -OCH3 is 1. The third kappa shape index (κ3) is 2.11. The number of nitrogens with zero attached hydrogens (tertiary/aromatic N) is 4. The zero-order valence-corrected chi connectivity index (χ0v) is 11.2. The van der Waals surface area contributed by atoms with Gasteiger partial charge in [0.15, 0.2) is 11.2 Å². The first-order valence-electron chi connectivity index (χ1n) is 6.83. The lowest BCUT2D eigenvalue weighted by Gasteiger charge is -2.17. The van der Waals surface area contributed by atoms with Gasteiger partial charge in [-0.25, -0.2) is 9.97 Å². The number of hydrogen-bond acceptors (Lipinski definition) is 5. The summed E-state index contributed by atoms with van der Waals surface area (Å²) in [5.41, 5.74) is 7.53. The third-order valence-electron chi connectivity index (χ3n) is 3.85. The van der Waals surface area contributed by atoms with E-state index in [0.29, 0.717) is 23.4 Å². The number of nitrogen functional groups attached to an aromatic ring is 1. The van der Waals surface area contributed by atoms with Crippen molar-refractivity contribution in [2.24, 2.45) is 0 Å². The first-order valence-corrected chi connectivity index (χ1v) is 6.83. The highest BCUT2D eigenvalue weighted by Gasteiger charge is 2.22. The average Bonchev–Trinajstić information content (AvgIpc) is 2.62. The van der Waals surface area contributed by atoms with Gasteiger partial charge in [0.2, 0.25) is 11.8 Å². The second-order valence-electron chi connectivity index (χ2n) is 5.04. The maximum atomic E-state index is 6.09. The molecule has 0 amide bonds. The van der Waals surface area contributed by atoms with Gasteiger partial charge in [0.25, 0.3) is 0 Å². The van der Waals surface area contributed by atoms with Crippen LogP contribution in [0.15, 0.2) is 6.33 Å². The maximum Gasteiger partial charge on any atom is 0.245 e. The molecule has 1 aliphatic carbocycles. The van der Waals surface area contributed by atoms with Crippen LogP contribution in [0.2, 0.25) is 0 Å². The highest BCUT2D eigenvalue weighted by atomic mass is 16.5. The van der Waals surface area contributed by atoms with E-state index >= 15 is 0 Å². The molecule has 0 radical (unpaired) electrons. The van der Waals surface area contributed by atoms with Crippen LogP contribution in [0.25, 0.3) is 11.2 Å². The molecular formula is C13H19N5O. The third-order valence-corrected chi connectivity index (χ3v) is 3.85. The summed E-state index contributed by atoms with van der Waals surface area (Å²) in [6, 6.07) is 0.395. The molecule has 0 atom stereocenters. The highest BCUT2D eigenvalue weighted by Crippen LogP contribution is 2.33. The molecule has 0 spiro atoms. The fourth-order valence-electron chi connectivity index (χ4n) is 2.93. The second kappa shape index (κ2) is 5.03. The summed E-state index contributed by atoms with van der Waals surface area (Å²) in [4.78, 5) is 12.8. The number of nitrogens with two attached hydrogens (primary N) is 1. The normalized spacial score (nSPS) is 17.5. The Labute approximate surface area is 112 Å². The van der Waals surface area contributed by atoms with Gasteiger partial charge in [-0.2, -0.15) is 4.98 Å². The summed E-state index contributed by atoms with van der Waals surface area (Å²) in [5, 5.41) is 0. The molecule has 2 aromatic heterocycles. The molecule has 2 aromatic rings. The molecular weight excluding hydrogens is 242 g/mol. The van der Waals surface area contributed by atoms with Crippen LogP contribution in [-0.4, -0.2) is 26.6 Å². The van der Waals surface area contributed by atoms with E-state index < -0.39 is 0 Å². The molecule has 1 fully saturated rings. The van der Waals surface area contributed by atoms with Crippen molar-refractivity contribution in [1.29, 1.82) is 0 Å². The number of imidazole rings is 1. The Hall–Kier alpha value is -1.85. The van der Waals surface area contributed by atoms with Crippen LogP contribution in [0.4, 0.5) is 5.95 Å². The first-order chi connectivity index (χ1) is 9.31. The number of ether oxygens (including phenoxy) is 1. The van der Waals surface area contributed by atoms with E-state index in [1.165, 1.54) is 32.0 Å². The van der Waals surface area contributed by atoms with Crippen molar-refractivity contribution in [3.05, 3.63) is 6.33 Å². The number of fused-ring (bicyclic) bond motifs is 1. The Bertz CT molecular complexity index is 572. The van der Waals surface area contributed by atoms with Crippen LogP contribution in [0, 0.1) is 0 Å². The summed E-state index contributed by atoms with van der Waals surface area (Å²) in [7, 11) is 1.59. The SMILES string of the molecule is COc1ncnc2c1nc(N)n2C1CCCCCC1. The standard InChI is InChI=1S/C13H19N5O/c1-19-12-10-11(15-8-16-12)18(13(14)17-10)9-6-4-2-3-5-7-9/h8-9H,2-7H2,1H3,(H2,14,17). The van der Waals surface area contributed by atoms with Crippen LogP contribution in [0.5, 0.6) is 5.88 Å². The van der Waals surface area contributed by atoms with Crippen molar-refractivity contribution in [2.75, 3.05) is 12.8 Å². The van der Waals surface area contributed by atoms with Gasteiger partial charge in [0.05, 0.1) is 7.11 Å². The molecule has 1 saturated carbocycles. The van der Waals surface area contributed by atoms with E-state index in [1.807, 2.05) is 0 Å². The zero-order chi connectivity index (χ0) is 13.2. The van der Waals surface area contributed by atoms with Crippen molar-refractivity contribution in [1.82, 2.24) is 19.5 Å². The second-order valence-corrected chi connectivity index (χ2v) is 5.04. The number of aromatic nitrogens is 4. The van der Waals surface area contributed by atoms with Crippen molar-refractivity contribution in [2.45, 2.75) is 44.6 Å². The van der Waals surface area contributed by atoms with Crippen LogP contribution >= 0.6 is 0 Å². The molecule has 0 bridgehead atoms. The Morgan fingerprint density at radius 1 is 1.21 bits per heavy atom. The molecule has 6 heteroatoms. The Morgan fingerprint density at radius 2 is 1.95 bits per heavy atom. The number of anilines is 1. The summed E-state index contributed by atoms with van der Waals surface area (Å²) in [6.07, 6.45) is 8.89. The molecule has 6 nitrogen and oxygen atoms in total. The van der Waals surface area contributed by atoms with Gasteiger partial charge >= 0.3 is 0 Å². The minimum Gasteiger partial charge on any atom is -0.479 e. The first kappa shape index (κ1) is 12.2. The largest absolute Gasteiger partial charge is 0.479 e. The lowest BCUT2D eigenvalue weighted by Crippen LogP contribution is -2.12. The molecule has 2 N–H and O–H groups in total. The van der Waals surface area contributed by atoms with Gasteiger partial charge < -0.3 is 10.5 Å². The van der Waals surface area contributed by atoms with Crippen LogP contribution in [-0.2, 0) is 0 Å². The monoisotopic (exact) mass is 261 g/mol. The molecule has 1 aliphatic rings. The lowest BCUT2D eigenvalue weighted by atomic mass is 10.1. The summed E-state index contributed by atoms with van der Waals surface area (Å²) in [5.74, 6) is 1.00. The van der Waals surface area contributed by atoms with Crippen molar-refractivity contribution >= 4 is 17.1 Å². The molecule has 0 unspecified atom stereocenters. The quantitative estimate of drug-likeness (QED) is 0.839. The van der Waals surface area contributed by atoms with E-state index in [9.17, 15) is 0 Å². The lowest BCUT2D eigenvalue weighted by molar-refractivity contribution is 0.401. The number of hydrogen-bond donors (Lipinski definition) is 1. The van der Waals surface area contributed by atoms with Gasteiger partial charge in [0.1, 0.15) is 6.33 Å². The highest BCUT2D eigenvalue weighted by molar-refractivity contribution is 5.79. The molecule has 19 heavy (non-hydrogen) atoms. The topological polar surface area (TPSA) is 78.8 Å². The smallest absolute Gasteiger partial charge is 0.245 e. The van der Waals surface area contributed by atoms with Crippen molar-refractivity contribution in [3.63, 3.8) is 0 Å². The molecule has 102 valence electrons. The summed E-state index contributed by atoms with van der Waals surface area (Å²) in [6.45, 7) is 0. The Morgan fingerprint density at radius 3 is 2.63 bits per heavy atom. The van der Waals surface area contributed by atoms with E-state index in [0.717, 1.165) is 18.5 Å². The van der Waals surface area contributed by atoms with Gasteiger partial charge in [-0.15, -0.1) is 0 Å². The molecule has 0 saturated heterocycles. The zero-order valence-electron chi connectivity index (χ0n) is 11.2. The van der Waals surface area contributed by atoms with Crippen LogP contribution < -0.4 is 10.5 Å². The predicted molar refractivity (Wildman–Crippen MR) is 73.0 cm³/mol. The van der Waals surface area contributed by atoms with Gasteiger partial charge in [-0.05, 0) is 12.8 Å². The van der Waals surface area contributed by atoms with Crippen molar-refractivity contribution < 1.29 is 4.74 Å². The predicted octanol–water partition coefficient (Wildman–Crippen LogP) is 2.31. The Balaban J connectivity index is 2.09. The summed E-state index contributed by atoms with van der Waals surface area (Å²) < 4.78 is 7.29. The molecule has 0 aliphatic heterocycles. The Kier molecular flexibility index (Phi) is 3.23. The molecule has 2 heterocycles. The molecule has 0 aromatic carbocycles. The van der Waals surface area contributed by atoms with Gasteiger partial charge in [0, 0.05) is 6.04 Å². The van der Waals surface area contributed by atoms with E-state index in [4.69, 9.17) is 10.5 Å². The van der Waals surface area contributed by atoms with Gasteiger partial charge in [-0.3, -0.25) is 4.57 Å². The van der Waals surface area contributed by atoms with Crippen LogP contribution in [0.3, 0.4) is 0 Å². The van der Waals surface area contributed by atoms with E-state index in [-0.39, 0.29) is 0 Å². The summed E-state index contributed by atoms with van der Waals surface area (Å²) >= 11 is 0. The fourth-order valence-corrected chi connectivity index (χ4v) is 2.93. The van der Waals surface area contributed by atoms with Crippen LogP contribution in [0.1, 0.15) is 44.6 Å². The van der Waals surface area contributed by atoms with Crippen molar-refractivity contribution in [3.8, 4) is 5.88 Å².